The van der Waals surface area contributed by atoms with E-state index >= 15 is 0 Å². The molecule has 6 nitrogen and oxygen atoms in total. The minimum absolute atomic E-state index is 0.0926. The average Bonchev–Trinajstić information content (AvgIpc) is 2.50. The summed E-state index contributed by atoms with van der Waals surface area (Å²) in [6, 6.07) is 6.50. The van der Waals surface area contributed by atoms with E-state index in [9.17, 15) is 19.1 Å². The van der Waals surface area contributed by atoms with Gasteiger partial charge in [0, 0.05) is 24.8 Å². The van der Waals surface area contributed by atoms with Crippen LogP contribution in [0.25, 0.3) is 10.9 Å². The smallest absolute Gasteiger partial charge is 0.261 e. The minimum atomic E-state index is -0.498. The van der Waals surface area contributed by atoms with Crippen molar-refractivity contribution in [2.45, 2.75) is 26.9 Å². The third-order valence-electron chi connectivity index (χ3n) is 3.97. The highest BCUT2D eigenvalue weighted by atomic mass is 19.1. The van der Waals surface area contributed by atoms with Crippen LogP contribution < -0.4 is 11.1 Å². The molecule has 0 atom stereocenters. The number of rotatable bonds is 3. The van der Waals surface area contributed by atoms with Gasteiger partial charge in [0.25, 0.3) is 11.1 Å². The molecule has 0 radical (unpaired) electrons. The molecule has 0 saturated carbocycles. The highest BCUT2D eigenvalue weighted by Gasteiger charge is 2.10. The van der Waals surface area contributed by atoms with Gasteiger partial charge < -0.3 is 9.67 Å². The summed E-state index contributed by atoms with van der Waals surface area (Å²) >= 11 is 0. The second-order valence-corrected chi connectivity index (χ2v) is 5.62. The van der Waals surface area contributed by atoms with Gasteiger partial charge in [0.15, 0.2) is 0 Å². The molecule has 0 bridgehead atoms. The van der Waals surface area contributed by atoms with Gasteiger partial charge in [-0.15, -0.1) is 0 Å². The minimum Gasteiger partial charge on any atom is -0.508 e. The maximum Gasteiger partial charge on any atom is 0.261 e. The molecule has 0 saturated heterocycles. The van der Waals surface area contributed by atoms with Crippen molar-refractivity contribution in [2.24, 2.45) is 0 Å². The number of hydrogen-bond acceptors (Lipinski definition) is 4. The molecule has 0 fully saturated rings. The van der Waals surface area contributed by atoms with Crippen LogP contribution in [0.3, 0.4) is 0 Å². The normalized spacial score (nSPS) is 11.1. The van der Waals surface area contributed by atoms with Crippen LogP contribution in [-0.4, -0.2) is 19.2 Å². The summed E-state index contributed by atoms with van der Waals surface area (Å²) in [6.07, 6.45) is 0. The average molecular weight is 329 g/mol. The Bertz CT molecular complexity index is 1050. The Kier molecular flexibility index (Phi) is 3.92. The van der Waals surface area contributed by atoms with E-state index in [-0.39, 0.29) is 35.3 Å². The number of aryl methyl sites for hydroxylation is 2. The fraction of sp³-hybridized carbons (Fsp3) is 0.235. The van der Waals surface area contributed by atoms with Crippen LogP contribution in [0.5, 0.6) is 5.75 Å². The van der Waals surface area contributed by atoms with Crippen molar-refractivity contribution in [1.29, 1.82) is 0 Å². The SMILES string of the molecule is Cc1cc(O)cc(=O)n1CCn1c(C)nc2ccc(F)cc2c1=O. The molecule has 3 aromatic rings. The molecule has 1 aromatic carbocycles. The first-order valence-electron chi connectivity index (χ1n) is 7.44. The molecule has 3 rings (SSSR count). The lowest BCUT2D eigenvalue weighted by molar-refractivity contribution is 0.465. The lowest BCUT2D eigenvalue weighted by Crippen LogP contribution is -2.29. The van der Waals surface area contributed by atoms with Gasteiger partial charge >= 0.3 is 0 Å². The molecule has 24 heavy (non-hydrogen) atoms. The monoisotopic (exact) mass is 329 g/mol. The lowest BCUT2D eigenvalue weighted by atomic mass is 10.2. The molecule has 2 aromatic heterocycles. The van der Waals surface area contributed by atoms with Crippen molar-refractivity contribution in [3.05, 3.63) is 68.4 Å². The lowest BCUT2D eigenvalue weighted by Gasteiger charge is -2.14. The topological polar surface area (TPSA) is 77.1 Å². The Morgan fingerprint density at radius 1 is 1.08 bits per heavy atom. The highest BCUT2D eigenvalue weighted by molar-refractivity contribution is 5.77. The number of halogens is 1. The van der Waals surface area contributed by atoms with Gasteiger partial charge in [-0.05, 0) is 38.1 Å². The van der Waals surface area contributed by atoms with Gasteiger partial charge in [0.1, 0.15) is 17.4 Å². The first kappa shape index (κ1) is 15.9. The van der Waals surface area contributed by atoms with Gasteiger partial charge in [-0.2, -0.15) is 0 Å². The van der Waals surface area contributed by atoms with E-state index in [2.05, 4.69) is 4.98 Å². The summed E-state index contributed by atoms with van der Waals surface area (Å²) in [5.74, 6) is -0.101. The fourth-order valence-corrected chi connectivity index (χ4v) is 2.77. The van der Waals surface area contributed by atoms with E-state index in [1.807, 2.05) is 0 Å². The molecule has 0 spiro atoms. The summed E-state index contributed by atoms with van der Waals surface area (Å²) < 4.78 is 16.3. The molecule has 0 aliphatic rings. The van der Waals surface area contributed by atoms with E-state index in [1.165, 1.54) is 33.4 Å². The predicted molar refractivity (Wildman–Crippen MR) is 87.8 cm³/mol. The largest absolute Gasteiger partial charge is 0.508 e. The molecule has 1 N–H and O–H groups in total. The summed E-state index contributed by atoms with van der Waals surface area (Å²) in [5.41, 5.74) is 0.332. The first-order chi connectivity index (χ1) is 11.4. The maximum atomic E-state index is 13.4. The number of fused-ring (bicyclic) bond motifs is 1. The van der Waals surface area contributed by atoms with Crippen molar-refractivity contribution in [1.82, 2.24) is 14.1 Å². The van der Waals surface area contributed by atoms with Crippen molar-refractivity contribution in [3.63, 3.8) is 0 Å². The van der Waals surface area contributed by atoms with Gasteiger partial charge in [0.2, 0.25) is 0 Å². The van der Waals surface area contributed by atoms with Crippen LogP contribution in [0.4, 0.5) is 4.39 Å². The second-order valence-electron chi connectivity index (χ2n) is 5.62. The van der Waals surface area contributed by atoms with Crippen LogP contribution in [0.1, 0.15) is 11.5 Å². The fourth-order valence-electron chi connectivity index (χ4n) is 2.77. The van der Waals surface area contributed by atoms with Crippen LogP contribution in [0.2, 0.25) is 0 Å². The zero-order valence-electron chi connectivity index (χ0n) is 13.3. The number of nitrogens with zero attached hydrogens (tertiary/aromatic N) is 3. The van der Waals surface area contributed by atoms with Gasteiger partial charge in [0.05, 0.1) is 10.9 Å². The molecule has 0 amide bonds. The Labute approximate surface area is 136 Å². The number of pyridine rings is 1. The molecule has 0 aliphatic heterocycles. The van der Waals surface area contributed by atoms with Crippen molar-refractivity contribution >= 4 is 10.9 Å². The standard InChI is InChI=1S/C17H16FN3O3/c1-10-7-13(22)9-16(23)20(10)5-6-21-11(2)19-15-4-3-12(18)8-14(15)17(21)24/h3-4,7-9,22H,5-6H2,1-2H3. The zero-order chi connectivity index (χ0) is 17.4. The number of benzene rings is 1. The third-order valence-corrected chi connectivity index (χ3v) is 3.97. The third kappa shape index (κ3) is 2.80. The Balaban J connectivity index is 2.02. The molecule has 7 heteroatoms. The Hall–Kier alpha value is -2.96. The van der Waals surface area contributed by atoms with Crippen molar-refractivity contribution in [2.75, 3.05) is 0 Å². The van der Waals surface area contributed by atoms with Crippen LogP contribution in [0.15, 0.2) is 39.9 Å². The molecule has 124 valence electrons. The molecule has 0 unspecified atom stereocenters. The van der Waals surface area contributed by atoms with E-state index in [4.69, 9.17) is 0 Å². The van der Waals surface area contributed by atoms with Crippen LogP contribution in [-0.2, 0) is 13.1 Å². The molecular formula is C17H16FN3O3. The molecule has 0 aliphatic carbocycles. The van der Waals surface area contributed by atoms with E-state index in [1.54, 1.807) is 13.8 Å². The van der Waals surface area contributed by atoms with Crippen LogP contribution >= 0.6 is 0 Å². The van der Waals surface area contributed by atoms with Gasteiger partial charge in [-0.1, -0.05) is 0 Å². The van der Waals surface area contributed by atoms with Gasteiger partial charge in [-0.3, -0.25) is 14.2 Å². The van der Waals surface area contributed by atoms with E-state index < -0.39 is 5.82 Å². The van der Waals surface area contributed by atoms with E-state index in [0.717, 1.165) is 6.07 Å². The summed E-state index contributed by atoms with van der Waals surface area (Å²) in [5, 5.41) is 9.63. The summed E-state index contributed by atoms with van der Waals surface area (Å²) in [6.45, 7) is 3.85. The number of hydrogen-bond donors (Lipinski definition) is 1. The van der Waals surface area contributed by atoms with Gasteiger partial charge in [-0.25, -0.2) is 9.37 Å². The quantitative estimate of drug-likeness (QED) is 0.794. The second kappa shape index (κ2) is 5.92. The zero-order valence-corrected chi connectivity index (χ0v) is 13.3. The molecular weight excluding hydrogens is 313 g/mol. The Morgan fingerprint density at radius 2 is 1.79 bits per heavy atom. The Morgan fingerprint density at radius 3 is 2.50 bits per heavy atom. The number of aromatic nitrogens is 3. The first-order valence-corrected chi connectivity index (χ1v) is 7.44. The predicted octanol–water partition coefficient (Wildman–Crippen LogP) is 1.72. The summed E-state index contributed by atoms with van der Waals surface area (Å²) in [4.78, 5) is 28.9. The highest BCUT2D eigenvalue weighted by Crippen LogP contribution is 2.11. The van der Waals surface area contributed by atoms with Crippen molar-refractivity contribution in [3.8, 4) is 5.75 Å². The summed E-state index contributed by atoms with van der Waals surface area (Å²) in [7, 11) is 0. The van der Waals surface area contributed by atoms with E-state index in [0.29, 0.717) is 17.0 Å². The van der Waals surface area contributed by atoms with Crippen LogP contribution in [0, 0.1) is 19.7 Å². The molecule has 2 heterocycles. The number of aromatic hydroxyl groups is 1. The van der Waals surface area contributed by atoms with Crippen molar-refractivity contribution < 1.29 is 9.50 Å². The maximum absolute atomic E-state index is 13.4.